The van der Waals surface area contributed by atoms with E-state index >= 15 is 0 Å². The number of rotatable bonds is 6. The van der Waals surface area contributed by atoms with Crippen LogP contribution < -0.4 is 10.6 Å². The number of halogens is 2. The second kappa shape index (κ2) is 8.46. The van der Waals surface area contributed by atoms with Crippen molar-refractivity contribution in [3.8, 4) is 0 Å². The van der Waals surface area contributed by atoms with Crippen LogP contribution >= 0.6 is 11.6 Å². The molecule has 1 aromatic carbocycles. The highest BCUT2D eigenvalue weighted by molar-refractivity contribution is 6.31. The SMILES string of the molecule is CNCCC(=O)NC1CCCN(Cc2ccc(F)cc2Cl)C1. The number of nitrogens with zero attached hydrogens (tertiary/aromatic N) is 1. The van der Waals surface area contributed by atoms with Gasteiger partial charge in [-0.3, -0.25) is 9.69 Å². The number of likely N-dealkylation sites (tertiary alicyclic amines) is 1. The van der Waals surface area contributed by atoms with Gasteiger partial charge in [0.1, 0.15) is 5.82 Å². The third-order valence-electron chi connectivity index (χ3n) is 3.88. The summed E-state index contributed by atoms with van der Waals surface area (Å²) in [7, 11) is 1.84. The van der Waals surface area contributed by atoms with Gasteiger partial charge in [-0.1, -0.05) is 17.7 Å². The molecular weight excluding hydrogens is 305 g/mol. The monoisotopic (exact) mass is 327 g/mol. The van der Waals surface area contributed by atoms with Crippen molar-refractivity contribution in [2.45, 2.75) is 31.8 Å². The first-order chi connectivity index (χ1) is 10.6. The fourth-order valence-corrected chi connectivity index (χ4v) is 2.97. The average molecular weight is 328 g/mol. The van der Waals surface area contributed by atoms with Crippen molar-refractivity contribution in [2.24, 2.45) is 0 Å². The zero-order chi connectivity index (χ0) is 15.9. The van der Waals surface area contributed by atoms with Gasteiger partial charge in [0.2, 0.25) is 5.91 Å². The summed E-state index contributed by atoms with van der Waals surface area (Å²) >= 11 is 6.08. The standard InChI is InChI=1S/C16H23ClFN3O/c1-19-7-6-16(22)20-14-3-2-8-21(11-14)10-12-4-5-13(18)9-15(12)17/h4-5,9,14,19H,2-3,6-8,10-11H2,1H3,(H,20,22). The van der Waals surface area contributed by atoms with Crippen LogP contribution in [0.25, 0.3) is 0 Å². The minimum Gasteiger partial charge on any atom is -0.352 e. The molecule has 0 aliphatic carbocycles. The first-order valence-corrected chi connectivity index (χ1v) is 8.06. The van der Waals surface area contributed by atoms with E-state index in [0.717, 1.165) is 31.5 Å². The van der Waals surface area contributed by atoms with Crippen LogP contribution in [-0.4, -0.2) is 43.5 Å². The number of carbonyl (C=O) groups is 1. The second-order valence-corrected chi connectivity index (χ2v) is 6.14. The van der Waals surface area contributed by atoms with Crippen molar-refractivity contribution in [3.05, 3.63) is 34.6 Å². The lowest BCUT2D eigenvalue weighted by atomic mass is 10.0. The maximum atomic E-state index is 13.1. The summed E-state index contributed by atoms with van der Waals surface area (Å²) in [6, 6.07) is 4.68. The summed E-state index contributed by atoms with van der Waals surface area (Å²) in [6.45, 7) is 3.14. The van der Waals surface area contributed by atoms with Crippen LogP contribution in [0.5, 0.6) is 0 Å². The molecule has 4 nitrogen and oxygen atoms in total. The Morgan fingerprint density at radius 2 is 2.32 bits per heavy atom. The van der Waals surface area contributed by atoms with E-state index < -0.39 is 0 Å². The normalized spacial score (nSPS) is 19.1. The molecule has 22 heavy (non-hydrogen) atoms. The molecule has 2 N–H and O–H groups in total. The molecule has 2 rings (SSSR count). The number of amides is 1. The summed E-state index contributed by atoms with van der Waals surface area (Å²) in [5.41, 5.74) is 0.922. The van der Waals surface area contributed by atoms with Gasteiger partial charge >= 0.3 is 0 Å². The molecule has 1 aliphatic heterocycles. The Morgan fingerprint density at radius 3 is 3.05 bits per heavy atom. The molecule has 0 bridgehead atoms. The van der Waals surface area contributed by atoms with E-state index in [1.165, 1.54) is 12.1 Å². The highest BCUT2D eigenvalue weighted by Gasteiger charge is 2.21. The Morgan fingerprint density at radius 1 is 1.50 bits per heavy atom. The lowest BCUT2D eigenvalue weighted by Gasteiger charge is -2.33. The molecule has 1 unspecified atom stereocenters. The smallest absolute Gasteiger partial charge is 0.221 e. The Labute approximate surface area is 136 Å². The van der Waals surface area contributed by atoms with Crippen molar-refractivity contribution < 1.29 is 9.18 Å². The number of hydrogen-bond acceptors (Lipinski definition) is 3. The number of carbonyl (C=O) groups excluding carboxylic acids is 1. The van der Waals surface area contributed by atoms with Crippen molar-refractivity contribution in [1.82, 2.24) is 15.5 Å². The lowest BCUT2D eigenvalue weighted by Crippen LogP contribution is -2.47. The largest absolute Gasteiger partial charge is 0.352 e. The van der Waals surface area contributed by atoms with Gasteiger partial charge in [-0.05, 0) is 44.1 Å². The summed E-state index contributed by atoms with van der Waals surface area (Å²) < 4.78 is 13.1. The molecule has 0 radical (unpaired) electrons. The maximum absolute atomic E-state index is 13.1. The van der Waals surface area contributed by atoms with Crippen LogP contribution in [0.2, 0.25) is 5.02 Å². The highest BCUT2D eigenvalue weighted by Crippen LogP contribution is 2.21. The van der Waals surface area contributed by atoms with Crippen LogP contribution in [0.4, 0.5) is 4.39 Å². The fourth-order valence-electron chi connectivity index (χ4n) is 2.75. The van der Waals surface area contributed by atoms with Crippen LogP contribution in [-0.2, 0) is 11.3 Å². The molecule has 6 heteroatoms. The Balaban J connectivity index is 1.86. The summed E-state index contributed by atoms with van der Waals surface area (Å²) in [5.74, 6) is -0.233. The molecule has 0 spiro atoms. The van der Waals surface area contributed by atoms with Crippen molar-refractivity contribution in [3.63, 3.8) is 0 Å². The zero-order valence-electron chi connectivity index (χ0n) is 12.9. The first-order valence-electron chi connectivity index (χ1n) is 7.68. The van der Waals surface area contributed by atoms with Gasteiger partial charge in [-0.2, -0.15) is 0 Å². The van der Waals surface area contributed by atoms with E-state index in [2.05, 4.69) is 15.5 Å². The molecule has 1 fully saturated rings. The molecule has 1 aliphatic rings. The van der Waals surface area contributed by atoms with Crippen molar-refractivity contribution in [1.29, 1.82) is 0 Å². The van der Waals surface area contributed by atoms with E-state index in [4.69, 9.17) is 11.6 Å². The Bertz CT molecular complexity index is 512. The van der Waals surface area contributed by atoms with Crippen LogP contribution in [0.15, 0.2) is 18.2 Å². The topological polar surface area (TPSA) is 44.4 Å². The van der Waals surface area contributed by atoms with Gasteiger partial charge < -0.3 is 10.6 Å². The molecule has 1 atom stereocenters. The third kappa shape index (κ3) is 5.23. The maximum Gasteiger partial charge on any atom is 0.221 e. The molecule has 0 saturated carbocycles. The van der Waals surface area contributed by atoms with Gasteiger partial charge in [-0.25, -0.2) is 4.39 Å². The molecule has 1 saturated heterocycles. The predicted molar refractivity (Wildman–Crippen MR) is 86.4 cm³/mol. The summed E-state index contributed by atoms with van der Waals surface area (Å²) in [6.07, 6.45) is 2.53. The van der Waals surface area contributed by atoms with E-state index in [1.54, 1.807) is 6.07 Å². The summed E-state index contributed by atoms with van der Waals surface area (Å²) in [4.78, 5) is 14.0. The van der Waals surface area contributed by atoms with E-state index in [9.17, 15) is 9.18 Å². The van der Waals surface area contributed by atoms with Gasteiger partial charge in [0, 0.05) is 37.1 Å². The number of piperidine rings is 1. The minimum absolute atomic E-state index is 0.0843. The van der Waals surface area contributed by atoms with Crippen LogP contribution in [0.1, 0.15) is 24.8 Å². The average Bonchev–Trinajstić information content (AvgIpc) is 2.48. The highest BCUT2D eigenvalue weighted by atomic mass is 35.5. The predicted octanol–water partition coefficient (Wildman–Crippen LogP) is 2.17. The molecule has 1 heterocycles. The van der Waals surface area contributed by atoms with Crippen molar-refractivity contribution >= 4 is 17.5 Å². The quantitative estimate of drug-likeness (QED) is 0.841. The Hall–Kier alpha value is -1.17. The Kier molecular flexibility index (Phi) is 6.61. The number of hydrogen-bond donors (Lipinski definition) is 2. The second-order valence-electron chi connectivity index (χ2n) is 5.73. The van der Waals surface area contributed by atoms with Gasteiger partial charge in [-0.15, -0.1) is 0 Å². The molecule has 1 aromatic rings. The fraction of sp³-hybridized carbons (Fsp3) is 0.562. The molecular formula is C16H23ClFN3O. The van der Waals surface area contributed by atoms with Crippen molar-refractivity contribution in [2.75, 3.05) is 26.7 Å². The molecule has 122 valence electrons. The van der Waals surface area contributed by atoms with E-state index in [1.807, 2.05) is 7.05 Å². The van der Waals surface area contributed by atoms with Crippen LogP contribution in [0.3, 0.4) is 0 Å². The minimum atomic E-state index is -0.318. The van der Waals surface area contributed by atoms with E-state index in [0.29, 0.717) is 24.5 Å². The van der Waals surface area contributed by atoms with Crippen LogP contribution in [0, 0.1) is 5.82 Å². The zero-order valence-corrected chi connectivity index (χ0v) is 13.6. The number of benzene rings is 1. The lowest BCUT2D eigenvalue weighted by molar-refractivity contribution is -0.122. The van der Waals surface area contributed by atoms with Gasteiger partial charge in [0.25, 0.3) is 0 Å². The summed E-state index contributed by atoms with van der Waals surface area (Å²) in [5, 5.41) is 6.51. The molecule has 1 amide bonds. The molecule has 0 aromatic heterocycles. The first kappa shape index (κ1) is 17.2. The van der Waals surface area contributed by atoms with Gasteiger partial charge in [0.05, 0.1) is 0 Å². The third-order valence-corrected chi connectivity index (χ3v) is 4.23. The number of nitrogens with one attached hydrogen (secondary N) is 2. The van der Waals surface area contributed by atoms with E-state index in [-0.39, 0.29) is 17.8 Å². The van der Waals surface area contributed by atoms with Gasteiger partial charge in [0.15, 0.2) is 0 Å².